The predicted molar refractivity (Wildman–Crippen MR) is 56.5 cm³/mol. The van der Waals surface area contributed by atoms with Crippen LogP contribution in [0.25, 0.3) is 0 Å². The number of aromatic nitrogens is 1. The van der Waals surface area contributed by atoms with Gasteiger partial charge in [-0.2, -0.15) is 0 Å². The number of pyridine rings is 1. The fraction of sp³-hybridized carbons (Fsp3) is 0.250. The van der Waals surface area contributed by atoms with E-state index in [0.29, 0.717) is 0 Å². The molecule has 16 heavy (non-hydrogen) atoms. The normalized spacial score (nSPS) is 10.2. The van der Waals surface area contributed by atoms with Crippen LogP contribution in [0.4, 0.5) is 11.5 Å². The second kappa shape index (κ2) is 4.53. The summed E-state index contributed by atoms with van der Waals surface area (Å²) < 4.78 is 0. The van der Waals surface area contributed by atoms with Crippen molar-refractivity contribution in [2.24, 2.45) is 0 Å². The number of nitrogens with one attached hydrogen (secondary N) is 1. The summed E-state index contributed by atoms with van der Waals surface area (Å²) in [5.41, 5.74) is 7.26. The number of hydrogen-bond acceptors (Lipinski definition) is 6. The molecule has 0 unspecified atom stereocenters. The summed E-state index contributed by atoms with van der Waals surface area (Å²) in [6, 6.07) is 1.16. The van der Waals surface area contributed by atoms with Gasteiger partial charge in [0, 0.05) is 20.2 Å². The zero-order valence-electron chi connectivity index (χ0n) is 8.80. The van der Waals surface area contributed by atoms with Crippen molar-refractivity contribution in [2.45, 2.75) is 0 Å². The minimum Gasteiger partial charge on any atom is -0.384 e. The Balaban J connectivity index is 3.14. The fourth-order valence-corrected chi connectivity index (χ4v) is 1.05. The van der Waals surface area contributed by atoms with Crippen LogP contribution >= 0.6 is 0 Å². The third kappa shape index (κ3) is 2.64. The molecule has 1 rings (SSSR count). The topological polar surface area (TPSA) is 114 Å². The molecular formula is C8H11N5O3. The highest BCUT2D eigenvalue weighted by Gasteiger charge is 2.21. The largest absolute Gasteiger partial charge is 0.384 e. The van der Waals surface area contributed by atoms with E-state index in [1.54, 1.807) is 14.1 Å². The van der Waals surface area contributed by atoms with Crippen molar-refractivity contribution in [3.63, 3.8) is 0 Å². The smallest absolute Gasteiger partial charge is 0.300 e. The molecule has 1 heterocycles. The molecule has 0 aromatic carbocycles. The number of rotatable bonds is 3. The van der Waals surface area contributed by atoms with Gasteiger partial charge in [-0.15, -0.1) is 0 Å². The van der Waals surface area contributed by atoms with Crippen LogP contribution in [0, 0.1) is 10.1 Å². The number of hydrazine groups is 1. The molecular weight excluding hydrogens is 214 g/mol. The molecule has 1 aromatic heterocycles. The van der Waals surface area contributed by atoms with Crippen molar-refractivity contribution < 1.29 is 9.72 Å². The molecule has 1 amide bonds. The number of hydrogen-bond donors (Lipinski definition) is 2. The molecule has 8 nitrogen and oxygen atoms in total. The molecule has 0 radical (unpaired) electrons. The van der Waals surface area contributed by atoms with E-state index in [2.05, 4.69) is 10.4 Å². The Morgan fingerprint density at radius 1 is 1.62 bits per heavy atom. The van der Waals surface area contributed by atoms with Crippen molar-refractivity contribution >= 4 is 17.4 Å². The molecule has 1 aromatic rings. The Bertz CT molecular complexity index is 432. The zero-order valence-corrected chi connectivity index (χ0v) is 8.80. The Morgan fingerprint density at radius 3 is 2.75 bits per heavy atom. The lowest BCUT2D eigenvalue weighted by Gasteiger charge is -2.11. The molecule has 0 fully saturated rings. The number of anilines is 1. The summed E-state index contributed by atoms with van der Waals surface area (Å²) >= 11 is 0. The van der Waals surface area contributed by atoms with Gasteiger partial charge in [-0.1, -0.05) is 0 Å². The number of carbonyl (C=O) groups excluding carboxylic acids is 1. The number of nitrogens with two attached hydrogens (primary N) is 1. The average Bonchev–Trinajstić information content (AvgIpc) is 2.15. The molecule has 0 saturated heterocycles. The second-order valence-electron chi connectivity index (χ2n) is 3.22. The number of nitrogens with zero attached hydrogens (tertiary/aromatic N) is 3. The highest BCUT2D eigenvalue weighted by Crippen LogP contribution is 2.18. The maximum Gasteiger partial charge on any atom is 0.300 e. The maximum atomic E-state index is 11.6. The monoisotopic (exact) mass is 225 g/mol. The Morgan fingerprint density at radius 2 is 2.25 bits per heavy atom. The summed E-state index contributed by atoms with van der Waals surface area (Å²) in [5.74, 6) is -0.555. The molecule has 8 heteroatoms. The first-order chi connectivity index (χ1) is 7.41. The molecule has 3 N–H and O–H groups in total. The quantitative estimate of drug-likeness (QED) is 0.542. The van der Waals surface area contributed by atoms with Gasteiger partial charge in [0.05, 0.1) is 4.92 Å². The molecule has 0 atom stereocenters. The van der Waals surface area contributed by atoms with Crippen molar-refractivity contribution in [1.82, 2.24) is 15.4 Å². The van der Waals surface area contributed by atoms with Crippen LogP contribution < -0.4 is 11.2 Å². The van der Waals surface area contributed by atoms with E-state index in [0.717, 1.165) is 12.3 Å². The Labute approximate surface area is 91.2 Å². The number of amides is 1. The van der Waals surface area contributed by atoms with Crippen molar-refractivity contribution in [2.75, 3.05) is 19.8 Å². The number of carbonyl (C=O) groups is 1. The van der Waals surface area contributed by atoms with Gasteiger partial charge in [0.25, 0.3) is 11.6 Å². The van der Waals surface area contributed by atoms with Crippen molar-refractivity contribution in [3.8, 4) is 0 Å². The summed E-state index contributed by atoms with van der Waals surface area (Å²) in [6.07, 6.45) is 0.958. The van der Waals surface area contributed by atoms with Gasteiger partial charge in [-0.05, 0) is 0 Å². The van der Waals surface area contributed by atoms with Gasteiger partial charge < -0.3 is 5.73 Å². The van der Waals surface area contributed by atoms with E-state index in [4.69, 9.17) is 5.73 Å². The van der Waals surface area contributed by atoms with Gasteiger partial charge in [0.2, 0.25) is 0 Å². The van der Waals surface area contributed by atoms with Gasteiger partial charge in [-0.25, -0.2) is 9.99 Å². The lowest BCUT2D eigenvalue weighted by Crippen LogP contribution is -2.36. The average molecular weight is 225 g/mol. The molecule has 0 bridgehead atoms. The summed E-state index contributed by atoms with van der Waals surface area (Å²) in [5, 5.41) is 12.0. The lowest BCUT2D eigenvalue weighted by molar-refractivity contribution is -0.385. The van der Waals surface area contributed by atoms with Gasteiger partial charge in [0.15, 0.2) is 0 Å². The van der Waals surface area contributed by atoms with E-state index < -0.39 is 10.8 Å². The predicted octanol–water partition coefficient (Wildman–Crippen LogP) is -0.222. The van der Waals surface area contributed by atoms with Crippen LogP contribution in [0.3, 0.4) is 0 Å². The molecule has 0 aliphatic carbocycles. The minimum absolute atomic E-state index is 0.0505. The summed E-state index contributed by atoms with van der Waals surface area (Å²) in [7, 11) is 3.18. The van der Waals surface area contributed by atoms with Crippen LogP contribution in [-0.2, 0) is 0 Å². The van der Waals surface area contributed by atoms with E-state index in [9.17, 15) is 14.9 Å². The molecule has 0 aliphatic heterocycles. The van der Waals surface area contributed by atoms with Crippen molar-refractivity contribution in [3.05, 3.63) is 27.9 Å². The summed E-state index contributed by atoms with van der Waals surface area (Å²) in [6.45, 7) is 0. The summed E-state index contributed by atoms with van der Waals surface area (Å²) in [4.78, 5) is 25.1. The van der Waals surface area contributed by atoms with Gasteiger partial charge >= 0.3 is 0 Å². The minimum atomic E-state index is -0.684. The molecule has 0 spiro atoms. The second-order valence-corrected chi connectivity index (χ2v) is 3.22. The Kier molecular flexibility index (Phi) is 3.36. The first-order valence-electron chi connectivity index (χ1n) is 4.30. The van der Waals surface area contributed by atoms with Crippen molar-refractivity contribution in [1.29, 1.82) is 0 Å². The van der Waals surface area contributed by atoms with Crippen LogP contribution in [-0.4, -0.2) is 34.9 Å². The van der Waals surface area contributed by atoms with E-state index in [1.807, 2.05) is 0 Å². The zero-order chi connectivity index (χ0) is 12.3. The first kappa shape index (κ1) is 11.9. The molecule has 0 aliphatic rings. The highest BCUT2D eigenvalue weighted by atomic mass is 16.6. The highest BCUT2D eigenvalue weighted by molar-refractivity contribution is 5.98. The third-order valence-corrected chi connectivity index (χ3v) is 1.67. The van der Waals surface area contributed by atoms with Crippen LogP contribution in [0.15, 0.2) is 12.3 Å². The van der Waals surface area contributed by atoms with Crippen LogP contribution in [0.2, 0.25) is 0 Å². The first-order valence-corrected chi connectivity index (χ1v) is 4.30. The maximum absolute atomic E-state index is 11.6. The van der Waals surface area contributed by atoms with Crippen LogP contribution in [0.5, 0.6) is 0 Å². The van der Waals surface area contributed by atoms with E-state index in [1.165, 1.54) is 5.01 Å². The van der Waals surface area contributed by atoms with Crippen LogP contribution in [0.1, 0.15) is 10.4 Å². The van der Waals surface area contributed by atoms with E-state index >= 15 is 0 Å². The standard InChI is InChI=1S/C8H11N5O3/c1-12(2)11-8(14)5-3-7(9)10-4-6(5)13(15)16/h3-4H,1-2H3,(H2,9,10)(H,11,14). The lowest BCUT2D eigenvalue weighted by atomic mass is 10.2. The van der Waals surface area contributed by atoms with E-state index in [-0.39, 0.29) is 17.1 Å². The van der Waals surface area contributed by atoms with Gasteiger partial charge in [-0.3, -0.25) is 20.3 Å². The Hall–Kier alpha value is -2.22. The number of nitrogen functional groups attached to an aromatic ring is 1. The molecule has 0 saturated carbocycles. The third-order valence-electron chi connectivity index (χ3n) is 1.67. The molecule has 86 valence electrons. The SMILES string of the molecule is CN(C)NC(=O)c1cc(N)ncc1[N+](=O)[O-]. The number of nitro groups is 1. The fourth-order valence-electron chi connectivity index (χ4n) is 1.05. The van der Waals surface area contributed by atoms with Gasteiger partial charge in [0.1, 0.15) is 17.6 Å².